The molecule has 15 heavy (non-hydrogen) atoms. The van der Waals surface area contributed by atoms with E-state index in [2.05, 4.69) is 4.98 Å². The molecule has 0 aliphatic heterocycles. The molecule has 0 fully saturated rings. The Morgan fingerprint density at radius 3 is 2.93 bits per heavy atom. The molecule has 5 heteroatoms. The van der Waals surface area contributed by atoms with Crippen LogP contribution in [-0.4, -0.2) is 10.8 Å². The van der Waals surface area contributed by atoms with Gasteiger partial charge in [0.2, 0.25) is 5.78 Å². The van der Waals surface area contributed by atoms with Gasteiger partial charge >= 0.3 is 0 Å². The zero-order valence-electron chi connectivity index (χ0n) is 7.41. The van der Waals surface area contributed by atoms with E-state index in [1.807, 2.05) is 0 Å². The molecule has 2 nitrogen and oxygen atoms in total. The van der Waals surface area contributed by atoms with Gasteiger partial charge in [-0.2, -0.15) is 0 Å². The fraction of sp³-hybridized carbons (Fsp3) is 0. The van der Waals surface area contributed by atoms with E-state index in [0.29, 0.717) is 5.01 Å². The van der Waals surface area contributed by atoms with Crippen LogP contribution in [0.4, 0.5) is 4.39 Å². The van der Waals surface area contributed by atoms with Crippen LogP contribution in [0.3, 0.4) is 0 Å². The van der Waals surface area contributed by atoms with Crippen molar-refractivity contribution in [2.24, 2.45) is 0 Å². The molecule has 0 unspecified atom stereocenters. The average Bonchev–Trinajstić information content (AvgIpc) is 2.74. The minimum absolute atomic E-state index is 0.145. The second kappa shape index (κ2) is 4.08. The predicted molar refractivity (Wildman–Crippen MR) is 57.0 cm³/mol. The lowest BCUT2D eigenvalue weighted by Gasteiger charge is -2.00. The number of aromatic nitrogens is 1. The lowest BCUT2D eigenvalue weighted by molar-refractivity contribution is 0.103. The summed E-state index contributed by atoms with van der Waals surface area (Å²) in [7, 11) is 0. The van der Waals surface area contributed by atoms with Crippen LogP contribution in [0.1, 0.15) is 15.4 Å². The maximum atomic E-state index is 12.9. The summed E-state index contributed by atoms with van der Waals surface area (Å²) in [4.78, 5) is 15.6. The highest BCUT2D eigenvalue weighted by Gasteiger charge is 2.15. The number of halogens is 2. The molecule has 76 valence electrons. The lowest BCUT2D eigenvalue weighted by Crippen LogP contribution is -2.01. The number of nitrogens with zero attached hydrogens (tertiary/aromatic N) is 1. The molecule has 0 saturated heterocycles. The van der Waals surface area contributed by atoms with Gasteiger partial charge in [-0.1, -0.05) is 11.6 Å². The van der Waals surface area contributed by atoms with E-state index >= 15 is 0 Å². The van der Waals surface area contributed by atoms with Crippen LogP contribution < -0.4 is 0 Å². The molecule has 0 saturated carbocycles. The summed E-state index contributed by atoms with van der Waals surface area (Å²) in [6, 6.07) is 3.69. The Labute approximate surface area is 94.3 Å². The molecule has 0 bridgehead atoms. The number of rotatable bonds is 2. The van der Waals surface area contributed by atoms with Gasteiger partial charge in [0.15, 0.2) is 5.01 Å². The Kier molecular flexibility index (Phi) is 2.79. The van der Waals surface area contributed by atoms with E-state index in [0.717, 1.165) is 6.07 Å². The van der Waals surface area contributed by atoms with Gasteiger partial charge in [-0.3, -0.25) is 4.79 Å². The molecule has 0 aliphatic rings. The first-order chi connectivity index (χ1) is 7.18. The Bertz CT molecular complexity index is 498. The smallest absolute Gasteiger partial charge is 0.223 e. The van der Waals surface area contributed by atoms with Crippen molar-refractivity contribution in [3.63, 3.8) is 0 Å². The topological polar surface area (TPSA) is 30.0 Å². The van der Waals surface area contributed by atoms with E-state index in [1.165, 1.54) is 29.7 Å². The van der Waals surface area contributed by atoms with Crippen LogP contribution in [0.2, 0.25) is 5.02 Å². The van der Waals surface area contributed by atoms with Crippen molar-refractivity contribution in [2.75, 3.05) is 0 Å². The Morgan fingerprint density at radius 1 is 1.47 bits per heavy atom. The second-order valence-corrected chi connectivity index (χ2v) is 4.09. The number of thiazole rings is 1. The molecule has 1 aromatic carbocycles. The molecule has 0 amide bonds. The largest absolute Gasteiger partial charge is 0.286 e. The van der Waals surface area contributed by atoms with E-state index in [-0.39, 0.29) is 16.4 Å². The summed E-state index contributed by atoms with van der Waals surface area (Å²) in [6.45, 7) is 0. The predicted octanol–water partition coefficient (Wildman–Crippen LogP) is 3.17. The normalized spacial score (nSPS) is 10.3. The molecular weight excluding hydrogens is 237 g/mol. The molecule has 2 rings (SSSR count). The van der Waals surface area contributed by atoms with Crippen LogP contribution in [-0.2, 0) is 0 Å². The standard InChI is InChI=1S/C10H5ClFNOS/c11-8-2-1-6(12)5-7(8)9(14)10-13-3-4-15-10/h1-5H. The molecule has 0 spiro atoms. The highest BCUT2D eigenvalue weighted by atomic mass is 35.5. The lowest BCUT2D eigenvalue weighted by atomic mass is 10.1. The number of carbonyl (C=O) groups excluding carboxylic acids is 1. The zero-order valence-corrected chi connectivity index (χ0v) is 8.98. The van der Waals surface area contributed by atoms with Gasteiger partial charge in [0.05, 0.1) is 5.02 Å². The van der Waals surface area contributed by atoms with Crippen molar-refractivity contribution < 1.29 is 9.18 Å². The third kappa shape index (κ3) is 2.06. The van der Waals surface area contributed by atoms with Gasteiger partial charge in [-0.25, -0.2) is 9.37 Å². The zero-order chi connectivity index (χ0) is 10.8. The minimum atomic E-state index is -0.487. The Balaban J connectivity index is 2.46. The molecule has 1 heterocycles. The van der Waals surface area contributed by atoms with Crippen molar-refractivity contribution in [1.82, 2.24) is 4.98 Å². The number of benzene rings is 1. The molecule has 0 atom stereocenters. The number of hydrogen-bond donors (Lipinski definition) is 0. The summed E-state index contributed by atoms with van der Waals surface area (Å²) >= 11 is 7.00. The van der Waals surface area contributed by atoms with Gasteiger partial charge in [0, 0.05) is 17.1 Å². The summed E-state index contributed by atoms with van der Waals surface area (Å²) in [5.74, 6) is -0.839. The minimum Gasteiger partial charge on any atom is -0.286 e. The maximum absolute atomic E-state index is 12.9. The number of carbonyl (C=O) groups is 1. The summed E-state index contributed by atoms with van der Waals surface area (Å²) in [5.41, 5.74) is 0.145. The maximum Gasteiger partial charge on any atom is 0.223 e. The number of ketones is 1. The van der Waals surface area contributed by atoms with Crippen molar-refractivity contribution in [3.8, 4) is 0 Å². The SMILES string of the molecule is O=C(c1nccs1)c1cc(F)ccc1Cl. The fourth-order valence-electron chi connectivity index (χ4n) is 1.12. The third-order valence-electron chi connectivity index (χ3n) is 1.80. The quantitative estimate of drug-likeness (QED) is 0.756. The summed E-state index contributed by atoms with van der Waals surface area (Å²) in [5, 5.41) is 2.22. The van der Waals surface area contributed by atoms with Crippen LogP contribution >= 0.6 is 22.9 Å². The van der Waals surface area contributed by atoms with Gasteiger partial charge in [-0.15, -0.1) is 11.3 Å². The first-order valence-electron chi connectivity index (χ1n) is 4.08. The Hall–Kier alpha value is -1.26. The number of hydrogen-bond acceptors (Lipinski definition) is 3. The summed E-state index contributed by atoms with van der Waals surface area (Å²) < 4.78 is 12.9. The van der Waals surface area contributed by atoms with Gasteiger partial charge < -0.3 is 0 Å². The monoisotopic (exact) mass is 241 g/mol. The second-order valence-electron chi connectivity index (χ2n) is 2.79. The van der Waals surface area contributed by atoms with Gasteiger partial charge in [-0.05, 0) is 18.2 Å². The molecular formula is C10H5ClFNOS. The van der Waals surface area contributed by atoms with E-state index in [1.54, 1.807) is 5.38 Å². The summed E-state index contributed by atoms with van der Waals surface area (Å²) in [6.07, 6.45) is 1.52. The van der Waals surface area contributed by atoms with Crippen molar-refractivity contribution >= 4 is 28.7 Å². The van der Waals surface area contributed by atoms with Crippen LogP contribution in [0.25, 0.3) is 0 Å². The van der Waals surface area contributed by atoms with E-state index in [4.69, 9.17) is 11.6 Å². The fourth-order valence-corrected chi connectivity index (χ4v) is 1.91. The van der Waals surface area contributed by atoms with E-state index in [9.17, 15) is 9.18 Å². The molecule has 0 N–H and O–H groups in total. The van der Waals surface area contributed by atoms with E-state index < -0.39 is 5.82 Å². The van der Waals surface area contributed by atoms with Gasteiger partial charge in [0.25, 0.3) is 0 Å². The average molecular weight is 242 g/mol. The van der Waals surface area contributed by atoms with Crippen LogP contribution in [0.15, 0.2) is 29.8 Å². The Morgan fingerprint density at radius 2 is 2.27 bits per heavy atom. The highest BCUT2D eigenvalue weighted by Crippen LogP contribution is 2.21. The van der Waals surface area contributed by atoms with Gasteiger partial charge in [0.1, 0.15) is 5.82 Å². The van der Waals surface area contributed by atoms with Crippen molar-refractivity contribution in [2.45, 2.75) is 0 Å². The first kappa shape index (κ1) is 10.3. The highest BCUT2D eigenvalue weighted by molar-refractivity contribution is 7.11. The van der Waals surface area contributed by atoms with Crippen LogP contribution in [0, 0.1) is 5.82 Å². The molecule has 0 aliphatic carbocycles. The molecule has 2 aromatic rings. The molecule has 0 radical (unpaired) electrons. The van der Waals surface area contributed by atoms with Crippen molar-refractivity contribution in [3.05, 3.63) is 51.2 Å². The third-order valence-corrected chi connectivity index (χ3v) is 2.90. The van der Waals surface area contributed by atoms with Crippen LogP contribution in [0.5, 0.6) is 0 Å². The first-order valence-corrected chi connectivity index (χ1v) is 5.33. The van der Waals surface area contributed by atoms with Crippen molar-refractivity contribution in [1.29, 1.82) is 0 Å². The molecule has 1 aromatic heterocycles.